The zero-order valence-corrected chi connectivity index (χ0v) is 11.9. The Labute approximate surface area is 125 Å². The van der Waals surface area contributed by atoms with Crippen molar-refractivity contribution in [3.8, 4) is 0 Å². The molecule has 2 N–H and O–H groups in total. The number of hydrogen-bond acceptors (Lipinski definition) is 4. The zero-order chi connectivity index (χ0) is 15.4. The Morgan fingerprint density at radius 3 is 2.90 bits per heavy atom. The summed E-state index contributed by atoms with van der Waals surface area (Å²) in [5.74, 6) is -0.840. The molecule has 2 rings (SSSR count). The number of hydrogen-bond donors (Lipinski definition) is 2. The van der Waals surface area contributed by atoms with Crippen LogP contribution in [0.2, 0.25) is 5.02 Å². The van der Waals surface area contributed by atoms with E-state index in [4.69, 9.17) is 11.6 Å². The summed E-state index contributed by atoms with van der Waals surface area (Å²) in [6, 6.07) is 2.97. The second-order valence-electron chi connectivity index (χ2n) is 4.73. The lowest BCUT2D eigenvalue weighted by Crippen LogP contribution is -2.45. The molecule has 1 aromatic rings. The molecule has 1 heterocycles. The van der Waals surface area contributed by atoms with Gasteiger partial charge in [0.1, 0.15) is 6.04 Å². The summed E-state index contributed by atoms with van der Waals surface area (Å²) in [6.45, 7) is 0.586. The van der Waals surface area contributed by atoms with Gasteiger partial charge in [-0.3, -0.25) is 19.7 Å². The summed E-state index contributed by atoms with van der Waals surface area (Å²) < 4.78 is 0. The molecule has 21 heavy (non-hydrogen) atoms. The van der Waals surface area contributed by atoms with Gasteiger partial charge in [0, 0.05) is 18.7 Å². The first-order valence-electron chi connectivity index (χ1n) is 6.51. The quantitative estimate of drug-likeness (QED) is 0.654. The van der Waals surface area contributed by atoms with Gasteiger partial charge in [0.25, 0.3) is 11.6 Å². The largest absolute Gasteiger partial charge is 0.354 e. The van der Waals surface area contributed by atoms with E-state index in [-0.39, 0.29) is 22.2 Å². The molecule has 1 aliphatic rings. The molecule has 1 saturated heterocycles. The molecule has 1 aromatic carbocycles. The first kappa shape index (κ1) is 15.2. The van der Waals surface area contributed by atoms with Gasteiger partial charge in [0.15, 0.2) is 0 Å². The maximum absolute atomic E-state index is 12.2. The highest BCUT2D eigenvalue weighted by molar-refractivity contribution is 6.34. The van der Waals surface area contributed by atoms with Crippen molar-refractivity contribution < 1.29 is 14.5 Å². The lowest BCUT2D eigenvalue weighted by Gasteiger charge is -2.15. The van der Waals surface area contributed by atoms with Gasteiger partial charge in [0.2, 0.25) is 5.91 Å². The van der Waals surface area contributed by atoms with E-state index in [2.05, 4.69) is 10.6 Å². The Balaban J connectivity index is 2.17. The third kappa shape index (κ3) is 3.69. The lowest BCUT2D eigenvalue weighted by molar-refractivity contribution is -0.384. The fraction of sp³-hybridized carbons (Fsp3) is 0.385. The van der Waals surface area contributed by atoms with Crippen LogP contribution < -0.4 is 10.6 Å². The van der Waals surface area contributed by atoms with Crippen LogP contribution >= 0.6 is 11.6 Å². The van der Waals surface area contributed by atoms with Crippen molar-refractivity contribution in [1.82, 2.24) is 10.6 Å². The number of rotatable bonds is 3. The van der Waals surface area contributed by atoms with Gasteiger partial charge >= 0.3 is 0 Å². The normalized spacial score (nSPS) is 18.5. The van der Waals surface area contributed by atoms with Gasteiger partial charge in [-0.15, -0.1) is 0 Å². The summed E-state index contributed by atoms with van der Waals surface area (Å²) in [5.41, 5.74) is -0.238. The van der Waals surface area contributed by atoms with Gasteiger partial charge in [-0.1, -0.05) is 11.6 Å². The van der Waals surface area contributed by atoms with Crippen LogP contribution in [0.4, 0.5) is 5.69 Å². The van der Waals surface area contributed by atoms with Crippen molar-refractivity contribution in [2.75, 3.05) is 6.54 Å². The first-order chi connectivity index (χ1) is 9.99. The number of nitrogens with one attached hydrogen (secondary N) is 2. The Hall–Kier alpha value is -2.15. The Morgan fingerprint density at radius 2 is 2.19 bits per heavy atom. The summed E-state index contributed by atoms with van der Waals surface area (Å²) >= 11 is 5.90. The van der Waals surface area contributed by atoms with Crippen molar-refractivity contribution in [2.24, 2.45) is 0 Å². The van der Waals surface area contributed by atoms with Crippen LogP contribution in [-0.4, -0.2) is 29.3 Å². The number of amides is 2. The molecule has 7 nitrogen and oxygen atoms in total. The van der Waals surface area contributed by atoms with Gasteiger partial charge in [-0.05, 0) is 25.3 Å². The number of non-ortho nitro benzene ring substituents is 1. The molecule has 0 aromatic heterocycles. The number of nitrogens with zero attached hydrogens (tertiary/aromatic N) is 1. The van der Waals surface area contributed by atoms with Crippen LogP contribution in [0.5, 0.6) is 0 Å². The zero-order valence-electron chi connectivity index (χ0n) is 11.1. The molecule has 0 spiro atoms. The smallest absolute Gasteiger partial charge is 0.270 e. The van der Waals surface area contributed by atoms with E-state index in [1.807, 2.05) is 0 Å². The van der Waals surface area contributed by atoms with Gasteiger partial charge < -0.3 is 10.6 Å². The first-order valence-corrected chi connectivity index (χ1v) is 6.89. The SMILES string of the molecule is O=C(NC1CCCCNC1=O)c1cc([N+](=O)[O-])ccc1Cl. The molecule has 0 aliphatic carbocycles. The molecule has 2 amide bonds. The standard InChI is InChI=1S/C13H14ClN3O4/c14-10-5-4-8(17(20)21)7-9(10)12(18)16-11-3-1-2-6-15-13(11)19/h4-5,7,11H,1-3,6H2,(H,15,19)(H,16,18). The van der Waals surface area contributed by atoms with E-state index in [0.717, 1.165) is 18.9 Å². The molecular weight excluding hydrogens is 298 g/mol. The van der Waals surface area contributed by atoms with Crippen LogP contribution in [0.25, 0.3) is 0 Å². The fourth-order valence-corrected chi connectivity index (χ4v) is 2.32. The topological polar surface area (TPSA) is 101 Å². The monoisotopic (exact) mass is 311 g/mol. The molecule has 0 bridgehead atoms. The summed E-state index contributed by atoms with van der Waals surface area (Å²) in [4.78, 5) is 34.1. The highest BCUT2D eigenvalue weighted by Crippen LogP contribution is 2.22. The minimum absolute atomic E-state index is 0.0112. The second kappa shape index (κ2) is 6.53. The van der Waals surface area contributed by atoms with Crippen LogP contribution in [0.1, 0.15) is 29.6 Å². The van der Waals surface area contributed by atoms with Gasteiger partial charge in [-0.25, -0.2) is 0 Å². The van der Waals surface area contributed by atoms with Crippen LogP contribution in [-0.2, 0) is 4.79 Å². The van der Waals surface area contributed by atoms with Crippen LogP contribution in [0, 0.1) is 10.1 Å². The summed E-state index contributed by atoms with van der Waals surface area (Å²) in [6.07, 6.45) is 2.20. The molecule has 1 atom stereocenters. The molecule has 0 saturated carbocycles. The molecular formula is C13H14ClN3O4. The minimum atomic E-state index is -0.643. The molecule has 1 unspecified atom stereocenters. The molecule has 1 fully saturated rings. The van der Waals surface area contributed by atoms with Gasteiger partial charge in [-0.2, -0.15) is 0 Å². The van der Waals surface area contributed by atoms with Crippen molar-refractivity contribution in [2.45, 2.75) is 25.3 Å². The van der Waals surface area contributed by atoms with Gasteiger partial charge in [0.05, 0.1) is 15.5 Å². The van der Waals surface area contributed by atoms with E-state index in [1.54, 1.807) is 0 Å². The molecule has 8 heteroatoms. The minimum Gasteiger partial charge on any atom is -0.354 e. The number of carbonyl (C=O) groups excluding carboxylic acids is 2. The second-order valence-corrected chi connectivity index (χ2v) is 5.14. The van der Waals surface area contributed by atoms with Crippen LogP contribution in [0.3, 0.4) is 0 Å². The van der Waals surface area contributed by atoms with E-state index < -0.39 is 16.9 Å². The summed E-state index contributed by atoms with van der Waals surface area (Å²) in [7, 11) is 0. The third-order valence-corrected chi connectivity index (χ3v) is 3.58. The number of nitro groups is 1. The number of halogens is 1. The number of nitro benzene ring substituents is 1. The Morgan fingerprint density at radius 1 is 1.43 bits per heavy atom. The Kier molecular flexibility index (Phi) is 4.74. The highest BCUT2D eigenvalue weighted by Gasteiger charge is 2.24. The van der Waals surface area contributed by atoms with Crippen molar-refractivity contribution >= 4 is 29.1 Å². The van der Waals surface area contributed by atoms with Crippen molar-refractivity contribution in [3.63, 3.8) is 0 Å². The Bertz CT molecular complexity index is 591. The van der Waals surface area contributed by atoms with Crippen molar-refractivity contribution in [1.29, 1.82) is 0 Å². The predicted molar refractivity (Wildman–Crippen MR) is 76.2 cm³/mol. The molecule has 112 valence electrons. The molecule has 0 radical (unpaired) electrons. The average molecular weight is 312 g/mol. The highest BCUT2D eigenvalue weighted by atomic mass is 35.5. The maximum atomic E-state index is 12.2. The summed E-state index contributed by atoms with van der Waals surface area (Å²) in [5, 5.41) is 16.1. The number of carbonyl (C=O) groups is 2. The van der Waals surface area contributed by atoms with Crippen molar-refractivity contribution in [3.05, 3.63) is 38.9 Å². The third-order valence-electron chi connectivity index (χ3n) is 3.25. The van der Waals surface area contributed by atoms with Crippen LogP contribution in [0.15, 0.2) is 18.2 Å². The maximum Gasteiger partial charge on any atom is 0.270 e. The average Bonchev–Trinajstić information content (AvgIpc) is 2.64. The lowest BCUT2D eigenvalue weighted by atomic mass is 10.1. The van der Waals surface area contributed by atoms with E-state index in [9.17, 15) is 19.7 Å². The predicted octanol–water partition coefficient (Wildman–Crippen LogP) is 1.65. The number of benzene rings is 1. The van der Waals surface area contributed by atoms with E-state index in [0.29, 0.717) is 13.0 Å². The molecule has 1 aliphatic heterocycles. The van der Waals surface area contributed by atoms with E-state index in [1.165, 1.54) is 12.1 Å². The van der Waals surface area contributed by atoms with E-state index >= 15 is 0 Å². The fourth-order valence-electron chi connectivity index (χ4n) is 2.11.